The van der Waals surface area contributed by atoms with E-state index >= 15 is 0 Å². The van der Waals surface area contributed by atoms with Gasteiger partial charge in [-0.25, -0.2) is 4.99 Å². The minimum Gasteiger partial charge on any atom is -0.389 e. The van der Waals surface area contributed by atoms with Crippen molar-refractivity contribution >= 4 is 23.7 Å². The van der Waals surface area contributed by atoms with Gasteiger partial charge in [0.25, 0.3) is 5.91 Å². The Morgan fingerprint density at radius 1 is 0.968 bits per heavy atom. The van der Waals surface area contributed by atoms with Crippen LogP contribution >= 0.6 is 0 Å². The second-order valence-corrected chi connectivity index (χ2v) is 8.81. The SMILES string of the molecule is CC=NC(=O)C(CC(C)C(=O)c1ccc(-c2ccc(C(C)(C)C)cc2)cc1)C(=O)CO. The van der Waals surface area contributed by atoms with E-state index in [0.29, 0.717) is 5.56 Å². The second kappa shape index (κ2) is 10.4. The molecule has 2 atom stereocenters. The summed E-state index contributed by atoms with van der Waals surface area (Å²) < 4.78 is 0. The first kappa shape index (κ1) is 24.4. The number of carbonyl (C=O) groups is 3. The Kier molecular flexibility index (Phi) is 8.17. The highest BCUT2D eigenvalue weighted by molar-refractivity contribution is 6.05. The lowest BCUT2D eigenvalue weighted by molar-refractivity contribution is -0.134. The number of hydrogen-bond acceptors (Lipinski definition) is 4. The number of ketones is 2. The number of rotatable bonds is 8. The summed E-state index contributed by atoms with van der Waals surface area (Å²) in [5.74, 6) is -3.08. The quantitative estimate of drug-likeness (QED) is 0.382. The molecule has 0 aliphatic rings. The van der Waals surface area contributed by atoms with Crippen LogP contribution in [0.5, 0.6) is 0 Å². The average molecular weight is 422 g/mol. The van der Waals surface area contributed by atoms with Gasteiger partial charge in [-0.1, -0.05) is 76.2 Å². The first-order chi connectivity index (χ1) is 14.6. The van der Waals surface area contributed by atoms with Crippen molar-refractivity contribution in [3.63, 3.8) is 0 Å². The van der Waals surface area contributed by atoms with Gasteiger partial charge in [0.2, 0.25) is 0 Å². The predicted molar refractivity (Wildman–Crippen MR) is 123 cm³/mol. The van der Waals surface area contributed by atoms with Crippen LogP contribution in [0.15, 0.2) is 53.5 Å². The van der Waals surface area contributed by atoms with Crippen LogP contribution in [0, 0.1) is 11.8 Å². The molecule has 2 aromatic carbocycles. The third-order valence-corrected chi connectivity index (χ3v) is 5.39. The van der Waals surface area contributed by atoms with Crippen molar-refractivity contribution in [2.45, 2.75) is 46.5 Å². The number of carbonyl (C=O) groups excluding carboxylic acids is 3. The van der Waals surface area contributed by atoms with Gasteiger partial charge in [0, 0.05) is 17.7 Å². The Morgan fingerprint density at radius 3 is 1.94 bits per heavy atom. The maximum Gasteiger partial charge on any atom is 0.256 e. The van der Waals surface area contributed by atoms with Gasteiger partial charge < -0.3 is 5.11 Å². The molecule has 2 aromatic rings. The highest BCUT2D eigenvalue weighted by Gasteiger charge is 2.30. The average Bonchev–Trinajstić information content (AvgIpc) is 2.76. The lowest BCUT2D eigenvalue weighted by Crippen LogP contribution is -2.29. The number of Topliss-reactive ketones (excluding diaryl/α,β-unsaturated/α-hetero) is 2. The summed E-state index contributed by atoms with van der Waals surface area (Å²) in [4.78, 5) is 40.5. The summed E-state index contributed by atoms with van der Waals surface area (Å²) >= 11 is 0. The zero-order valence-corrected chi connectivity index (χ0v) is 18.9. The molecule has 31 heavy (non-hydrogen) atoms. The molecule has 0 heterocycles. The Hall–Kier alpha value is -2.92. The van der Waals surface area contributed by atoms with E-state index in [1.807, 2.05) is 12.1 Å². The van der Waals surface area contributed by atoms with E-state index in [9.17, 15) is 14.4 Å². The molecule has 164 valence electrons. The Labute approximate surface area is 184 Å². The van der Waals surface area contributed by atoms with E-state index in [1.54, 1.807) is 26.0 Å². The van der Waals surface area contributed by atoms with Gasteiger partial charge in [-0.05, 0) is 35.4 Å². The summed E-state index contributed by atoms with van der Waals surface area (Å²) in [6.45, 7) is 9.02. The van der Waals surface area contributed by atoms with Crippen molar-refractivity contribution in [3.05, 3.63) is 59.7 Å². The number of aliphatic imine (C=N–C) groups is 1. The molecule has 0 saturated carbocycles. The van der Waals surface area contributed by atoms with Crippen LogP contribution in [0.4, 0.5) is 0 Å². The summed E-state index contributed by atoms with van der Waals surface area (Å²) in [6.07, 6.45) is 1.32. The molecule has 0 aliphatic heterocycles. The van der Waals surface area contributed by atoms with Crippen molar-refractivity contribution in [2.75, 3.05) is 6.61 Å². The van der Waals surface area contributed by atoms with Crippen LogP contribution < -0.4 is 0 Å². The molecule has 5 nitrogen and oxygen atoms in total. The van der Waals surface area contributed by atoms with Crippen LogP contribution in [0.25, 0.3) is 11.1 Å². The monoisotopic (exact) mass is 421 g/mol. The molecule has 0 fully saturated rings. The molecular formula is C26H31NO4. The van der Waals surface area contributed by atoms with Crippen LogP contribution in [0.3, 0.4) is 0 Å². The molecule has 2 unspecified atom stereocenters. The summed E-state index contributed by atoms with van der Waals surface area (Å²) in [5.41, 5.74) is 3.93. The first-order valence-corrected chi connectivity index (χ1v) is 10.5. The molecule has 0 bridgehead atoms. The van der Waals surface area contributed by atoms with Gasteiger partial charge in [-0.3, -0.25) is 14.4 Å². The van der Waals surface area contributed by atoms with E-state index in [4.69, 9.17) is 5.11 Å². The molecule has 0 aromatic heterocycles. The van der Waals surface area contributed by atoms with E-state index in [2.05, 4.69) is 50.0 Å². The van der Waals surface area contributed by atoms with Gasteiger partial charge in [-0.2, -0.15) is 0 Å². The highest BCUT2D eigenvalue weighted by atomic mass is 16.3. The van der Waals surface area contributed by atoms with Crippen LogP contribution in [0.2, 0.25) is 0 Å². The smallest absolute Gasteiger partial charge is 0.256 e. The molecule has 0 spiro atoms. The van der Waals surface area contributed by atoms with Gasteiger partial charge in [0.1, 0.15) is 12.5 Å². The van der Waals surface area contributed by atoms with Crippen LogP contribution in [0.1, 0.15) is 57.0 Å². The lowest BCUT2D eigenvalue weighted by atomic mass is 9.85. The molecule has 1 amide bonds. The number of amides is 1. The first-order valence-electron chi connectivity index (χ1n) is 10.5. The molecular weight excluding hydrogens is 390 g/mol. The van der Waals surface area contributed by atoms with Crippen molar-refractivity contribution in [1.29, 1.82) is 0 Å². The fourth-order valence-corrected chi connectivity index (χ4v) is 3.43. The predicted octanol–water partition coefficient (Wildman–Crippen LogP) is 4.65. The van der Waals surface area contributed by atoms with Crippen molar-refractivity contribution in [2.24, 2.45) is 16.8 Å². The van der Waals surface area contributed by atoms with Crippen molar-refractivity contribution in [1.82, 2.24) is 0 Å². The Balaban J connectivity index is 2.15. The number of hydrogen-bond donors (Lipinski definition) is 1. The summed E-state index contributed by atoms with van der Waals surface area (Å²) in [6, 6.07) is 15.7. The molecule has 5 heteroatoms. The summed E-state index contributed by atoms with van der Waals surface area (Å²) in [5, 5.41) is 9.15. The van der Waals surface area contributed by atoms with Gasteiger partial charge in [0.05, 0.1) is 0 Å². The molecule has 1 N–H and O–H groups in total. The minimum absolute atomic E-state index is 0.0183. The molecule has 2 rings (SSSR count). The minimum atomic E-state index is -1.11. The Morgan fingerprint density at radius 2 is 1.48 bits per heavy atom. The third-order valence-electron chi connectivity index (χ3n) is 5.39. The standard InChI is InChI=1S/C26H31NO4/c1-6-27-25(31)22(23(29)16-28)15-17(2)24(30)20-9-7-18(8-10-20)19-11-13-21(14-12-19)26(3,4)5/h6-14,17,22,28H,15-16H2,1-5H3. The Bertz CT molecular complexity index is 950. The van der Waals surface area contributed by atoms with Crippen LogP contribution in [-0.4, -0.2) is 35.4 Å². The van der Waals surface area contributed by atoms with Gasteiger partial charge >= 0.3 is 0 Å². The van der Waals surface area contributed by atoms with Crippen molar-refractivity contribution in [3.8, 4) is 11.1 Å². The highest BCUT2D eigenvalue weighted by Crippen LogP contribution is 2.27. The number of aliphatic hydroxyl groups excluding tert-OH is 1. The maximum absolute atomic E-state index is 12.9. The summed E-state index contributed by atoms with van der Waals surface area (Å²) in [7, 11) is 0. The zero-order chi connectivity index (χ0) is 23.2. The topological polar surface area (TPSA) is 83.8 Å². The molecule has 0 saturated heterocycles. The normalized spacial score (nSPS) is 13.7. The third kappa shape index (κ3) is 6.28. The van der Waals surface area contributed by atoms with Crippen LogP contribution in [-0.2, 0) is 15.0 Å². The largest absolute Gasteiger partial charge is 0.389 e. The maximum atomic E-state index is 12.9. The zero-order valence-electron chi connectivity index (χ0n) is 18.9. The van der Waals surface area contributed by atoms with E-state index < -0.39 is 30.1 Å². The van der Waals surface area contributed by atoms with E-state index in [0.717, 1.165) is 11.1 Å². The lowest BCUT2D eigenvalue weighted by Gasteiger charge is -2.19. The fraction of sp³-hybridized carbons (Fsp3) is 0.385. The van der Waals surface area contributed by atoms with Crippen molar-refractivity contribution < 1.29 is 19.5 Å². The van der Waals surface area contributed by atoms with E-state index in [1.165, 1.54) is 11.8 Å². The second-order valence-electron chi connectivity index (χ2n) is 8.81. The fourth-order valence-electron chi connectivity index (χ4n) is 3.43. The number of aliphatic hydroxyl groups is 1. The number of benzene rings is 2. The molecule has 0 radical (unpaired) electrons. The molecule has 0 aliphatic carbocycles. The van der Waals surface area contributed by atoms with Gasteiger partial charge in [-0.15, -0.1) is 0 Å². The van der Waals surface area contributed by atoms with Gasteiger partial charge in [0.15, 0.2) is 11.6 Å². The number of nitrogens with zero attached hydrogens (tertiary/aromatic N) is 1. The van der Waals surface area contributed by atoms with E-state index in [-0.39, 0.29) is 17.6 Å².